The average Bonchev–Trinajstić information content (AvgIpc) is 2.47. The fourth-order valence-electron chi connectivity index (χ4n) is 2.64. The number of rotatable bonds is 3. The number of nitrogen functional groups attached to an aromatic ring is 2. The second kappa shape index (κ2) is 6.37. The average molecular weight is 320 g/mol. The highest BCUT2D eigenvalue weighted by molar-refractivity contribution is 6.28. The van der Waals surface area contributed by atoms with E-state index in [9.17, 15) is 0 Å². The Hall–Kier alpha value is -2.05. The van der Waals surface area contributed by atoms with Crippen LogP contribution in [0.1, 0.15) is 11.3 Å². The molecule has 0 amide bonds. The Morgan fingerprint density at radius 1 is 1.18 bits per heavy atom. The molecule has 0 atom stereocenters. The maximum Gasteiger partial charge on any atom is 0.224 e. The molecule has 3 rings (SSSR count). The molecule has 6 nitrogen and oxygen atoms in total. The number of ether oxygens (including phenoxy) is 1. The second-order valence-corrected chi connectivity index (χ2v) is 5.53. The summed E-state index contributed by atoms with van der Waals surface area (Å²) in [5.41, 5.74) is 15.4. The van der Waals surface area contributed by atoms with Crippen LogP contribution in [0.5, 0.6) is 0 Å². The van der Waals surface area contributed by atoms with E-state index in [0.29, 0.717) is 25.5 Å². The minimum atomic E-state index is 0.161. The number of aromatic nitrogens is 2. The van der Waals surface area contributed by atoms with Gasteiger partial charge < -0.3 is 21.1 Å². The Morgan fingerprint density at radius 3 is 2.68 bits per heavy atom. The van der Waals surface area contributed by atoms with Crippen LogP contribution >= 0.6 is 11.6 Å². The number of nitrogens with zero attached hydrogens (tertiary/aromatic N) is 3. The zero-order valence-corrected chi connectivity index (χ0v) is 12.9. The van der Waals surface area contributed by atoms with Gasteiger partial charge in [-0.05, 0) is 29.3 Å². The van der Waals surface area contributed by atoms with E-state index in [2.05, 4.69) is 14.9 Å². The Labute approximate surface area is 134 Å². The fourth-order valence-corrected chi connectivity index (χ4v) is 2.83. The van der Waals surface area contributed by atoms with E-state index in [1.807, 2.05) is 24.3 Å². The summed E-state index contributed by atoms with van der Waals surface area (Å²) < 4.78 is 5.39. The van der Waals surface area contributed by atoms with Gasteiger partial charge in [0.05, 0.1) is 18.9 Å². The lowest BCUT2D eigenvalue weighted by atomic mass is 10.1. The minimum absolute atomic E-state index is 0.161. The lowest BCUT2D eigenvalue weighted by molar-refractivity contribution is 0.122. The van der Waals surface area contributed by atoms with Crippen LogP contribution in [0.3, 0.4) is 0 Å². The Morgan fingerprint density at radius 2 is 1.95 bits per heavy atom. The van der Waals surface area contributed by atoms with Gasteiger partial charge in [-0.3, -0.25) is 0 Å². The van der Waals surface area contributed by atoms with Crippen LogP contribution in [0, 0.1) is 0 Å². The normalized spacial score (nSPS) is 15.0. The quantitative estimate of drug-likeness (QED) is 0.661. The van der Waals surface area contributed by atoms with Crippen molar-refractivity contribution in [2.24, 2.45) is 0 Å². The molecule has 1 saturated heterocycles. The van der Waals surface area contributed by atoms with Gasteiger partial charge in [0, 0.05) is 25.2 Å². The van der Waals surface area contributed by atoms with E-state index in [-0.39, 0.29) is 5.28 Å². The molecule has 7 heteroatoms. The van der Waals surface area contributed by atoms with Crippen LogP contribution < -0.4 is 16.4 Å². The molecule has 0 radical (unpaired) electrons. The third kappa shape index (κ3) is 3.23. The van der Waals surface area contributed by atoms with Gasteiger partial charge in [0.25, 0.3) is 0 Å². The summed E-state index contributed by atoms with van der Waals surface area (Å²) in [7, 11) is 0. The zero-order valence-electron chi connectivity index (χ0n) is 12.1. The lowest BCUT2D eigenvalue weighted by Gasteiger charge is -2.30. The van der Waals surface area contributed by atoms with Crippen LogP contribution in [0.2, 0.25) is 5.28 Å². The lowest BCUT2D eigenvalue weighted by Crippen LogP contribution is -2.37. The molecule has 2 aromatic rings. The van der Waals surface area contributed by atoms with Gasteiger partial charge in [-0.2, -0.15) is 4.98 Å². The van der Waals surface area contributed by atoms with Crippen molar-refractivity contribution in [3.05, 3.63) is 40.8 Å². The smallest absolute Gasteiger partial charge is 0.224 e. The number of morpholine rings is 1. The second-order valence-electron chi connectivity index (χ2n) is 5.19. The monoisotopic (exact) mass is 319 g/mol. The first-order chi connectivity index (χ1) is 10.6. The summed E-state index contributed by atoms with van der Waals surface area (Å²) in [6, 6.07) is 7.71. The summed E-state index contributed by atoms with van der Waals surface area (Å²) in [6.07, 6.45) is 0.601. The minimum Gasteiger partial charge on any atom is -0.399 e. The molecular formula is C15H18ClN5O. The van der Waals surface area contributed by atoms with Crippen molar-refractivity contribution in [3.8, 4) is 0 Å². The number of anilines is 3. The molecule has 2 heterocycles. The summed E-state index contributed by atoms with van der Waals surface area (Å²) in [6.45, 7) is 2.86. The highest BCUT2D eigenvalue weighted by Gasteiger charge is 2.20. The predicted molar refractivity (Wildman–Crippen MR) is 88.1 cm³/mol. The molecule has 0 spiro atoms. The number of nitrogens with two attached hydrogens (primary N) is 2. The maximum absolute atomic E-state index is 6.09. The third-order valence-electron chi connectivity index (χ3n) is 3.61. The number of hydrogen-bond donors (Lipinski definition) is 2. The topological polar surface area (TPSA) is 90.3 Å². The molecule has 1 aromatic carbocycles. The van der Waals surface area contributed by atoms with E-state index in [4.69, 9.17) is 27.8 Å². The van der Waals surface area contributed by atoms with Crippen molar-refractivity contribution in [3.63, 3.8) is 0 Å². The van der Waals surface area contributed by atoms with Gasteiger partial charge in [-0.1, -0.05) is 12.1 Å². The van der Waals surface area contributed by atoms with Gasteiger partial charge in [0.1, 0.15) is 5.69 Å². The molecule has 0 bridgehead atoms. The van der Waals surface area contributed by atoms with E-state index in [0.717, 1.165) is 35.7 Å². The first kappa shape index (κ1) is 14.9. The summed E-state index contributed by atoms with van der Waals surface area (Å²) in [5.74, 6) is 0.404. The molecule has 0 unspecified atom stereocenters. The maximum atomic E-state index is 6.09. The van der Waals surface area contributed by atoms with Gasteiger partial charge >= 0.3 is 0 Å². The van der Waals surface area contributed by atoms with E-state index < -0.39 is 0 Å². The van der Waals surface area contributed by atoms with Crippen LogP contribution in [0.25, 0.3) is 0 Å². The molecule has 1 aliphatic rings. The largest absolute Gasteiger partial charge is 0.399 e. The molecule has 22 heavy (non-hydrogen) atoms. The molecule has 1 fully saturated rings. The van der Waals surface area contributed by atoms with Crippen LogP contribution in [-0.4, -0.2) is 36.3 Å². The first-order valence-corrected chi connectivity index (χ1v) is 7.50. The van der Waals surface area contributed by atoms with E-state index >= 15 is 0 Å². The molecule has 116 valence electrons. The van der Waals surface area contributed by atoms with Gasteiger partial charge in [-0.15, -0.1) is 0 Å². The highest BCUT2D eigenvalue weighted by Crippen LogP contribution is 2.29. The Bertz CT molecular complexity index is 673. The van der Waals surface area contributed by atoms with Crippen LogP contribution in [-0.2, 0) is 11.2 Å². The van der Waals surface area contributed by atoms with Crippen molar-refractivity contribution in [1.29, 1.82) is 0 Å². The standard InChI is InChI=1S/C15H18ClN5O/c16-15-19-12(9-10-2-1-3-11(17)8-10)13(14(18)20-15)21-4-6-22-7-5-21/h1-3,8H,4-7,9,17H2,(H2,18,19,20). The third-order valence-corrected chi connectivity index (χ3v) is 3.77. The summed E-state index contributed by atoms with van der Waals surface area (Å²) in [4.78, 5) is 10.6. The van der Waals surface area contributed by atoms with Gasteiger partial charge in [0.15, 0.2) is 5.82 Å². The highest BCUT2D eigenvalue weighted by atomic mass is 35.5. The summed E-state index contributed by atoms with van der Waals surface area (Å²) >= 11 is 5.99. The molecular weight excluding hydrogens is 302 g/mol. The number of benzene rings is 1. The van der Waals surface area contributed by atoms with Crippen molar-refractivity contribution >= 4 is 28.8 Å². The van der Waals surface area contributed by atoms with Crippen molar-refractivity contribution in [1.82, 2.24) is 9.97 Å². The van der Waals surface area contributed by atoms with Crippen LogP contribution in [0.15, 0.2) is 24.3 Å². The van der Waals surface area contributed by atoms with Crippen molar-refractivity contribution in [2.45, 2.75) is 6.42 Å². The first-order valence-electron chi connectivity index (χ1n) is 7.12. The van der Waals surface area contributed by atoms with Gasteiger partial charge in [0.2, 0.25) is 5.28 Å². The van der Waals surface area contributed by atoms with E-state index in [1.54, 1.807) is 0 Å². The fraction of sp³-hybridized carbons (Fsp3) is 0.333. The van der Waals surface area contributed by atoms with Crippen molar-refractivity contribution in [2.75, 3.05) is 42.7 Å². The number of hydrogen-bond acceptors (Lipinski definition) is 6. The zero-order chi connectivity index (χ0) is 15.5. The van der Waals surface area contributed by atoms with Crippen LogP contribution in [0.4, 0.5) is 17.2 Å². The molecule has 0 saturated carbocycles. The SMILES string of the molecule is Nc1cccc(Cc2nc(Cl)nc(N)c2N2CCOCC2)c1. The van der Waals surface area contributed by atoms with Crippen molar-refractivity contribution < 1.29 is 4.74 Å². The molecule has 4 N–H and O–H groups in total. The summed E-state index contributed by atoms with van der Waals surface area (Å²) in [5, 5.41) is 0.161. The number of halogens is 1. The predicted octanol–water partition coefficient (Wildman–Crippen LogP) is 1.72. The molecule has 1 aromatic heterocycles. The Balaban J connectivity index is 1.98. The van der Waals surface area contributed by atoms with Gasteiger partial charge in [-0.25, -0.2) is 4.98 Å². The molecule has 1 aliphatic heterocycles. The Kier molecular flexibility index (Phi) is 4.31. The van der Waals surface area contributed by atoms with E-state index in [1.165, 1.54) is 0 Å². The molecule has 0 aliphatic carbocycles.